The Kier molecular flexibility index (Phi) is 5.48. The van der Waals surface area contributed by atoms with Crippen molar-refractivity contribution in [3.8, 4) is 11.3 Å². The predicted octanol–water partition coefficient (Wildman–Crippen LogP) is 3.10. The van der Waals surface area contributed by atoms with Crippen LogP contribution < -0.4 is 10.2 Å². The Morgan fingerprint density at radius 2 is 1.83 bits per heavy atom. The maximum absolute atomic E-state index is 14.1. The average Bonchev–Trinajstić information content (AvgIpc) is 2.75. The van der Waals surface area contributed by atoms with Crippen LogP contribution in [-0.2, 0) is 4.74 Å². The molecule has 1 aromatic carbocycles. The van der Waals surface area contributed by atoms with Crippen LogP contribution in [0.2, 0.25) is 0 Å². The van der Waals surface area contributed by atoms with Crippen molar-refractivity contribution in [3.63, 3.8) is 0 Å². The number of rotatable bonds is 5. The number of anilines is 3. The first-order chi connectivity index (χ1) is 14.5. The summed E-state index contributed by atoms with van der Waals surface area (Å²) in [5.41, 5.74) is -0.368. The fourth-order valence-electron chi connectivity index (χ4n) is 3.10. The lowest BCUT2D eigenvalue weighted by Gasteiger charge is -2.27. The van der Waals surface area contributed by atoms with Gasteiger partial charge in [0.2, 0.25) is 0 Å². The van der Waals surface area contributed by atoms with Crippen molar-refractivity contribution < 1.29 is 23.4 Å². The predicted molar refractivity (Wildman–Crippen MR) is 105 cm³/mol. The summed E-state index contributed by atoms with van der Waals surface area (Å²) in [6, 6.07) is 8.18. The van der Waals surface area contributed by atoms with E-state index < -0.39 is 17.6 Å². The Labute approximate surface area is 170 Å². The van der Waals surface area contributed by atoms with E-state index in [2.05, 4.69) is 25.4 Å². The van der Waals surface area contributed by atoms with Crippen LogP contribution in [0.1, 0.15) is 10.5 Å². The third-order valence-corrected chi connectivity index (χ3v) is 4.58. The van der Waals surface area contributed by atoms with E-state index in [0.717, 1.165) is 31.0 Å². The van der Waals surface area contributed by atoms with Crippen molar-refractivity contribution in [1.82, 2.24) is 15.2 Å². The van der Waals surface area contributed by atoms with Crippen molar-refractivity contribution in [2.24, 2.45) is 0 Å². The smallest absolute Gasteiger partial charge is 0.358 e. The minimum atomic E-state index is -1.33. The van der Waals surface area contributed by atoms with Crippen molar-refractivity contribution in [2.45, 2.75) is 0 Å². The first kappa shape index (κ1) is 19.6. The molecule has 3 heterocycles. The molecular formula is C20H17F2N5O3. The molecule has 0 saturated carbocycles. The molecule has 3 aromatic rings. The maximum Gasteiger partial charge on any atom is 0.358 e. The van der Waals surface area contributed by atoms with E-state index in [1.165, 1.54) is 12.1 Å². The van der Waals surface area contributed by atoms with Crippen LogP contribution in [0.4, 0.5) is 26.0 Å². The molecule has 0 bridgehead atoms. The molecule has 0 amide bonds. The molecule has 1 aliphatic heterocycles. The van der Waals surface area contributed by atoms with Crippen LogP contribution in [0.3, 0.4) is 0 Å². The number of halogens is 2. The monoisotopic (exact) mass is 413 g/mol. The molecule has 8 nitrogen and oxygen atoms in total. The zero-order valence-corrected chi connectivity index (χ0v) is 15.7. The van der Waals surface area contributed by atoms with Gasteiger partial charge in [-0.05, 0) is 30.3 Å². The lowest BCUT2D eigenvalue weighted by Crippen LogP contribution is -2.36. The van der Waals surface area contributed by atoms with Crippen LogP contribution in [0.5, 0.6) is 0 Å². The molecule has 4 rings (SSSR count). The molecule has 1 saturated heterocycles. The van der Waals surface area contributed by atoms with E-state index >= 15 is 0 Å². The van der Waals surface area contributed by atoms with Crippen LogP contribution in [-0.4, -0.2) is 52.6 Å². The zero-order chi connectivity index (χ0) is 21.1. The molecule has 1 aliphatic rings. The number of nitrogens with zero attached hydrogens (tertiary/aromatic N) is 4. The SMILES string of the molecule is O=C(O)c1nnc(-c2c(F)cccc2F)cc1Nc1ccc(N2CCOCC2)nc1. The van der Waals surface area contributed by atoms with E-state index in [9.17, 15) is 18.7 Å². The highest BCUT2D eigenvalue weighted by atomic mass is 19.1. The number of aromatic nitrogens is 3. The Morgan fingerprint density at radius 1 is 1.10 bits per heavy atom. The molecule has 0 spiro atoms. The van der Waals surface area contributed by atoms with Gasteiger partial charge in [-0.1, -0.05) is 6.07 Å². The van der Waals surface area contributed by atoms with Crippen molar-refractivity contribution >= 4 is 23.2 Å². The van der Waals surface area contributed by atoms with E-state index in [1.54, 1.807) is 18.3 Å². The number of carboxylic acids is 1. The molecule has 154 valence electrons. The number of aromatic carboxylic acids is 1. The molecule has 0 radical (unpaired) electrons. The highest BCUT2D eigenvalue weighted by Gasteiger charge is 2.19. The van der Waals surface area contributed by atoms with Gasteiger partial charge in [0.25, 0.3) is 0 Å². The Hall–Kier alpha value is -3.66. The highest BCUT2D eigenvalue weighted by Crippen LogP contribution is 2.28. The van der Waals surface area contributed by atoms with Gasteiger partial charge in [0, 0.05) is 13.1 Å². The number of benzene rings is 1. The van der Waals surface area contributed by atoms with Crippen molar-refractivity contribution in [2.75, 3.05) is 36.5 Å². The van der Waals surface area contributed by atoms with Gasteiger partial charge in [-0.25, -0.2) is 18.6 Å². The Morgan fingerprint density at radius 3 is 2.47 bits per heavy atom. The first-order valence-corrected chi connectivity index (χ1v) is 9.14. The lowest BCUT2D eigenvalue weighted by molar-refractivity contribution is 0.0690. The summed E-state index contributed by atoms with van der Waals surface area (Å²) in [5.74, 6) is -2.21. The molecule has 2 aromatic heterocycles. The summed E-state index contributed by atoms with van der Waals surface area (Å²) in [5, 5.41) is 19.6. The number of morpholine rings is 1. The van der Waals surface area contributed by atoms with Gasteiger partial charge in [-0.3, -0.25) is 0 Å². The highest BCUT2D eigenvalue weighted by molar-refractivity contribution is 5.93. The number of pyridine rings is 1. The molecule has 0 atom stereocenters. The van der Waals surface area contributed by atoms with Crippen molar-refractivity contribution in [3.05, 3.63) is 59.9 Å². The van der Waals surface area contributed by atoms with Gasteiger partial charge in [0.1, 0.15) is 23.1 Å². The summed E-state index contributed by atoms with van der Waals surface area (Å²) in [6.07, 6.45) is 1.54. The number of hydrogen-bond acceptors (Lipinski definition) is 7. The molecular weight excluding hydrogens is 396 g/mol. The van der Waals surface area contributed by atoms with Crippen LogP contribution in [0.15, 0.2) is 42.6 Å². The normalized spacial score (nSPS) is 13.9. The number of ether oxygens (including phenoxy) is 1. The average molecular weight is 413 g/mol. The molecule has 30 heavy (non-hydrogen) atoms. The number of carbonyl (C=O) groups is 1. The van der Waals surface area contributed by atoms with Gasteiger partial charge >= 0.3 is 5.97 Å². The van der Waals surface area contributed by atoms with Gasteiger partial charge in [-0.15, -0.1) is 10.2 Å². The third kappa shape index (κ3) is 4.03. The maximum atomic E-state index is 14.1. The quantitative estimate of drug-likeness (QED) is 0.658. The summed E-state index contributed by atoms with van der Waals surface area (Å²) in [7, 11) is 0. The zero-order valence-electron chi connectivity index (χ0n) is 15.7. The fourth-order valence-corrected chi connectivity index (χ4v) is 3.10. The van der Waals surface area contributed by atoms with Crippen LogP contribution in [0.25, 0.3) is 11.3 Å². The standard InChI is InChI=1S/C20H17F2N5O3/c21-13-2-1-3-14(22)18(13)15-10-16(19(20(28)29)26-25-15)24-12-4-5-17(23-11-12)27-6-8-30-9-7-27/h1-5,10-11H,6-9H2,(H,24,25)(H,28,29). The van der Waals surface area contributed by atoms with E-state index in [-0.39, 0.29) is 22.6 Å². The summed E-state index contributed by atoms with van der Waals surface area (Å²) in [4.78, 5) is 18.0. The largest absolute Gasteiger partial charge is 0.476 e. The van der Waals surface area contributed by atoms with Gasteiger partial charge in [-0.2, -0.15) is 0 Å². The van der Waals surface area contributed by atoms with Gasteiger partial charge in [0.15, 0.2) is 5.69 Å². The van der Waals surface area contributed by atoms with Crippen LogP contribution in [0, 0.1) is 11.6 Å². The third-order valence-electron chi connectivity index (χ3n) is 4.58. The Balaban J connectivity index is 1.65. The van der Waals surface area contributed by atoms with Crippen molar-refractivity contribution in [1.29, 1.82) is 0 Å². The molecule has 0 unspecified atom stereocenters. The molecule has 0 aliphatic carbocycles. The van der Waals surface area contributed by atoms with E-state index in [0.29, 0.717) is 18.9 Å². The van der Waals surface area contributed by atoms with Gasteiger partial charge in [0.05, 0.1) is 36.3 Å². The second kappa shape index (κ2) is 8.37. The minimum absolute atomic E-state index is 0.0380. The minimum Gasteiger partial charge on any atom is -0.476 e. The summed E-state index contributed by atoms with van der Waals surface area (Å²) < 4.78 is 33.5. The molecule has 2 N–H and O–H groups in total. The van der Waals surface area contributed by atoms with Crippen LogP contribution >= 0.6 is 0 Å². The summed E-state index contributed by atoms with van der Waals surface area (Å²) >= 11 is 0. The second-order valence-corrected chi connectivity index (χ2v) is 6.52. The molecule has 10 heteroatoms. The second-order valence-electron chi connectivity index (χ2n) is 6.52. The fraction of sp³-hybridized carbons (Fsp3) is 0.200. The first-order valence-electron chi connectivity index (χ1n) is 9.14. The topological polar surface area (TPSA) is 100 Å². The summed E-state index contributed by atoms with van der Waals surface area (Å²) in [6.45, 7) is 2.72. The molecule has 1 fully saturated rings. The number of hydrogen-bond donors (Lipinski definition) is 2. The van der Waals surface area contributed by atoms with E-state index in [1.807, 2.05) is 0 Å². The van der Waals surface area contributed by atoms with E-state index in [4.69, 9.17) is 4.74 Å². The number of nitrogens with one attached hydrogen (secondary N) is 1. The van der Waals surface area contributed by atoms with Gasteiger partial charge < -0.3 is 20.1 Å². The lowest BCUT2D eigenvalue weighted by atomic mass is 10.1. The Bertz CT molecular complexity index is 1050. The number of carboxylic acid groups (broad SMARTS) is 1.